The number of pyridine rings is 1. The number of amides is 1. The van der Waals surface area contributed by atoms with E-state index in [4.69, 9.17) is 4.74 Å². The molecule has 6 nitrogen and oxygen atoms in total. The third kappa shape index (κ3) is 4.98. The first kappa shape index (κ1) is 21.2. The number of carbonyl (C=O) groups excluding carboxylic acids is 1. The van der Waals surface area contributed by atoms with E-state index in [2.05, 4.69) is 34.1 Å². The number of nitrogens with zero attached hydrogens (tertiary/aromatic N) is 3. The van der Waals surface area contributed by atoms with Gasteiger partial charge in [0.25, 0.3) is 5.91 Å². The van der Waals surface area contributed by atoms with Gasteiger partial charge in [-0.2, -0.15) is 4.98 Å². The molecule has 0 saturated heterocycles. The maximum atomic E-state index is 13.0. The summed E-state index contributed by atoms with van der Waals surface area (Å²) in [4.78, 5) is 26.3. The number of hydrogen-bond acceptors (Lipinski definition) is 5. The van der Waals surface area contributed by atoms with Gasteiger partial charge in [0.05, 0.1) is 12.2 Å². The van der Waals surface area contributed by atoms with Crippen LogP contribution in [0, 0.1) is 0 Å². The van der Waals surface area contributed by atoms with Gasteiger partial charge in [0.2, 0.25) is 5.88 Å². The van der Waals surface area contributed by atoms with Crippen molar-refractivity contribution >= 4 is 5.91 Å². The van der Waals surface area contributed by atoms with E-state index < -0.39 is 0 Å². The molecule has 0 aliphatic carbocycles. The van der Waals surface area contributed by atoms with Gasteiger partial charge in [0.15, 0.2) is 5.82 Å². The summed E-state index contributed by atoms with van der Waals surface area (Å²) in [5.41, 5.74) is 2.90. The van der Waals surface area contributed by atoms with Gasteiger partial charge in [-0.3, -0.25) is 9.78 Å². The Balaban J connectivity index is 1.68. The Morgan fingerprint density at radius 2 is 1.69 bits per heavy atom. The smallest absolute Gasteiger partial charge is 0.258 e. The second kappa shape index (κ2) is 9.83. The van der Waals surface area contributed by atoms with Crippen LogP contribution in [-0.2, 0) is 6.54 Å². The molecule has 2 aromatic carbocycles. The molecule has 2 heterocycles. The molecule has 2 aromatic heterocycles. The van der Waals surface area contributed by atoms with Crippen molar-refractivity contribution in [3.63, 3.8) is 0 Å². The van der Waals surface area contributed by atoms with Crippen molar-refractivity contribution in [1.29, 1.82) is 0 Å². The van der Waals surface area contributed by atoms with Gasteiger partial charge >= 0.3 is 0 Å². The Bertz CT molecular complexity index is 1190. The molecule has 32 heavy (non-hydrogen) atoms. The van der Waals surface area contributed by atoms with E-state index in [1.807, 2.05) is 72.8 Å². The topological polar surface area (TPSA) is 77.0 Å². The fraction of sp³-hybridized carbons (Fsp3) is 0.154. The number of benzene rings is 2. The van der Waals surface area contributed by atoms with Crippen LogP contribution in [0.3, 0.4) is 0 Å². The molecular weight excluding hydrogens is 400 g/mol. The van der Waals surface area contributed by atoms with Crippen LogP contribution >= 0.6 is 0 Å². The third-order valence-corrected chi connectivity index (χ3v) is 4.93. The Kier molecular flexibility index (Phi) is 6.51. The van der Waals surface area contributed by atoms with Crippen LogP contribution in [0.4, 0.5) is 0 Å². The molecule has 1 N–H and O–H groups in total. The van der Waals surface area contributed by atoms with Gasteiger partial charge in [0, 0.05) is 18.0 Å². The molecule has 1 amide bonds. The summed E-state index contributed by atoms with van der Waals surface area (Å²) in [5, 5.41) is 2.88. The van der Waals surface area contributed by atoms with Crippen molar-refractivity contribution < 1.29 is 9.53 Å². The van der Waals surface area contributed by atoms with E-state index in [-0.39, 0.29) is 23.3 Å². The monoisotopic (exact) mass is 424 g/mol. The van der Waals surface area contributed by atoms with Gasteiger partial charge < -0.3 is 10.1 Å². The molecular formula is C26H24N4O2. The van der Waals surface area contributed by atoms with Gasteiger partial charge in [-0.15, -0.1) is 0 Å². The Morgan fingerprint density at radius 1 is 0.938 bits per heavy atom. The molecule has 4 rings (SSSR count). The highest BCUT2D eigenvalue weighted by molar-refractivity contribution is 5.96. The molecule has 0 saturated carbocycles. The van der Waals surface area contributed by atoms with Crippen molar-refractivity contribution in [2.45, 2.75) is 26.3 Å². The Labute approximate surface area is 187 Å². The molecule has 0 atom stereocenters. The zero-order valence-electron chi connectivity index (χ0n) is 18.0. The van der Waals surface area contributed by atoms with Gasteiger partial charge in [-0.1, -0.05) is 68.4 Å². The lowest BCUT2D eigenvalue weighted by Crippen LogP contribution is -2.24. The summed E-state index contributed by atoms with van der Waals surface area (Å²) in [6.45, 7) is 4.48. The Morgan fingerprint density at radius 3 is 2.44 bits per heavy atom. The number of rotatable bonds is 7. The van der Waals surface area contributed by atoms with Gasteiger partial charge in [-0.25, -0.2) is 4.98 Å². The normalized spacial score (nSPS) is 10.7. The van der Waals surface area contributed by atoms with Crippen molar-refractivity contribution in [2.24, 2.45) is 0 Å². The number of aromatic nitrogens is 3. The second-order valence-electron chi connectivity index (χ2n) is 7.58. The van der Waals surface area contributed by atoms with Crippen LogP contribution in [0.25, 0.3) is 11.4 Å². The van der Waals surface area contributed by atoms with E-state index in [1.165, 1.54) is 6.20 Å². The number of para-hydroxylation sites is 1. The van der Waals surface area contributed by atoms with Crippen LogP contribution in [0.2, 0.25) is 0 Å². The minimum absolute atomic E-state index is 0.213. The summed E-state index contributed by atoms with van der Waals surface area (Å²) in [7, 11) is 0. The maximum absolute atomic E-state index is 13.0. The van der Waals surface area contributed by atoms with Gasteiger partial charge in [0.1, 0.15) is 11.3 Å². The second-order valence-corrected chi connectivity index (χ2v) is 7.58. The van der Waals surface area contributed by atoms with Crippen LogP contribution in [0.1, 0.15) is 41.4 Å². The van der Waals surface area contributed by atoms with Crippen LogP contribution in [0.5, 0.6) is 11.6 Å². The summed E-state index contributed by atoms with van der Waals surface area (Å²) < 4.78 is 6.21. The van der Waals surface area contributed by atoms with Crippen molar-refractivity contribution in [3.05, 3.63) is 102 Å². The zero-order chi connectivity index (χ0) is 22.3. The first-order valence-corrected chi connectivity index (χ1v) is 10.5. The van der Waals surface area contributed by atoms with Crippen LogP contribution < -0.4 is 10.1 Å². The maximum Gasteiger partial charge on any atom is 0.258 e. The lowest BCUT2D eigenvalue weighted by Gasteiger charge is -2.15. The summed E-state index contributed by atoms with van der Waals surface area (Å²) in [5.74, 6) is 1.30. The molecule has 0 aliphatic rings. The first-order valence-electron chi connectivity index (χ1n) is 10.5. The van der Waals surface area contributed by atoms with Crippen molar-refractivity contribution in [2.75, 3.05) is 0 Å². The minimum Gasteiger partial charge on any atom is -0.438 e. The molecule has 6 heteroatoms. The zero-order valence-corrected chi connectivity index (χ0v) is 18.0. The first-order chi connectivity index (χ1) is 15.6. The van der Waals surface area contributed by atoms with Crippen molar-refractivity contribution in [3.8, 4) is 23.0 Å². The molecule has 4 aromatic rings. The lowest BCUT2D eigenvalue weighted by molar-refractivity contribution is 0.0947. The molecule has 0 spiro atoms. The SMILES string of the molecule is CC(C)c1ccccc1Oc1nc(-c2ccccc2)ncc1C(=O)NCc1ccccn1. The molecule has 0 unspecified atom stereocenters. The highest BCUT2D eigenvalue weighted by Gasteiger charge is 2.19. The van der Waals surface area contributed by atoms with E-state index in [1.54, 1.807) is 6.20 Å². The van der Waals surface area contributed by atoms with E-state index in [0.29, 0.717) is 18.1 Å². The highest BCUT2D eigenvalue weighted by atomic mass is 16.5. The number of hydrogen-bond donors (Lipinski definition) is 1. The molecule has 0 aliphatic heterocycles. The largest absolute Gasteiger partial charge is 0.438 e. The predicted molar refractivity (Wildman–Crippen MR) is 123 cm³/mol. The quantitative estimate of drug-likeness (QED) is 0.431. The van der Waals surface area contributed by atoms with Crippen LogP contribution in [0.15, 0.2) is 85.2 Å². The number of carbonyl (C=O) groups is 1. The standard InChI is InChI=1S/C26H24N4O2/c1-18(2)21-13-6-7-14-23(21)32-26-22(25(31)29-16-20-12-8-9-15-27-20)17-28-24(30-26)19-10-4-3-5-11-19/h3-15,17-18H,16H2,1-2H3,(H,29,31). The highest BCUT2D eigenvalue weighted by Crippen LogP contribution is 2.32. The van der Waals surface area contributed by atoms with Crippen molar-refractivity contribution in [1.82, 2.24) is 20.3 Å². The average molecular weight is 425 g/mol. The molecule has 0 radical (unpaired) electrons. The summed E-state index contributed by atoms with van der Waals surface area (Å²) >= 11 is 0. The summed E-state index contributed by atoms with van der Waals surface area (Å²) in [6, 6.07) is 22.9. The molecule has 0 bridgehead atoms. The average Bonchev–Trinajstić information content (AvgIpc) is 2.84. The third-order valence-electron chi connectivity index (χ3n) is 4.93. The molecule has 0 fully saturated rings. The lowest BCUT2D eigenvalue weighted by atomic mass is 10.0. The minimum atomic E-state index is -0.327. The molecule has 160 valence electrons. The fourth-order valence-corrected chi connectivity index (χ4v) is 3.25. The fourth-order valence-electron chi connectivity index (χ4n) is 3.25. The van der Waals surface area contributed by atoms with Gasteiger partial charge in [-0.05, 0) is 29.7 Å². The summed E-state index contributed by atoms with van der Waals surface area (Å²) in [6.07, 6.45) is 3.20. The number of ether oxygens (including phenoxy) is 1. The predicted octanol–water partition coefficient (Wildman–Crippen LogP) is 5.38. The van der Waals surface area contributed by atoms with E-state index in [0.717, 1.165) is 16.8 Å². The number of nitrogens with one attached hydrogen (secondary N) is 1. The van der Waals surface area contributed by atoms with E-state index >= 15 is 0 Å². The van der Waals surface area contributed by atoms with Crippen LogP contribution in [-0.4, -0.2) is 20.9 Å². The van der Waals surface area contributed by atoms with E-state index in [9.17, 15) is 4.79 Å². The Hall–Kier alpha value is -4.06.